The molecule has 0 fully saturated rings. The van der Waals surface area contributed by atoms with E-state index in [1.165, 1.54) is 7.05 Å². The van der Waals surface area contributed by atoms with Gasteiger partial charge in [-0.3, -0.25) is 4.28 Å². The average molecular weight is 528 g/mol. The first kappa shape index (κ1) is 19.9. The molecule has 13 heteroatoms. The Morgan fingerprint density at radius 3 is 2.44 bits per heavy atom. The number of hydrogen-bond acceptors (Lipinski definition) is 6. The number of sulfonamides is 1. The molecule has 3 N–H and O–H groups in total. The van der Waals surface area contributed by atoms with E-state index in [0.717, 1.165) is 13.9 Å². The Kier molecular flexibility index (Phi) is 5.38. The maximum Gasteiger partial charge on any atom is 0.341 e. The highest BCUT2D eigenvalue weighted by molar-refractivity contribution is 14.1. The van der Waals surface area contributed by atoms with Gasteiger partial charge in [0.15, 0.2) is 16.5 Å². The summed E-state index contributed by atoms with van der Waals surface area (Å²) in [5, 5.41) is 11.2. The normalized spacial score (nSPS) is 16.9. The molecule has 2 aromatic carbocycles. The number of amidine groups is 1. The molecule has 3 rings (SSSR count). The lowest BCUT2D eigenvalue weighted by atomic mass is 10.1. The van der Waals surface area contributed by atoms with Crippen LogP contribution in [0.2, 0.25) is 0 Å². The molecule has 27 heavy (non-hydrogen) atoms. The molecule has 1 aliphatic heterocycles. The molecule has 0 radical (unpaired) electrons. The molecule has 0 aromatic heterocycles. The molecule has 0 amide bonds. The maximum absolute atomic E-state index is 15.0. The number of hydrogen-bond donors (Lipinski definition) is 2. The molecule has 8 nitrogen and oxygen atoms in total. The van der Waals surface area contributed by atoms with Crippen LogP contribution in [0.5, 0.6) is 0 Å². The van der Waals surface area contributed by atoms with E-state index in [-0.39, 0.29) is 11.4 Å². The van der Waals surface area contributed by atoms with Gasteiger partial charge in [-0.1, -0.05) is 0 Å². The fourth-order valence-corrected chi connectivity index (χ4v) is 3.85. The lowest BCUT2D eigenvalue weighted by Crippen LogP contribution is -2.26. The van der Waals surface area contributed by atoms with Gasteiger partial charge in [0, 0.05) is 16.3 Å². The number of halogens is 3. The Morgan fingerprint density at radius 1 is 1.30 bits per heavy atom. The van der Waals surface area contributed by atoms with Gasteiger partial charge in [-0.05, 0) is 58.1 Å². The standard InChI is InChI=1S/C14H11F2IN4O4S2/c1-21-14(20-25-26(21)22)9-6-10(15)13(27(18,23)24)11(16)12(9)19-8-4-2-7(17)3-5-8/h2-6,19H,1H3,(H2,18,23,24). The summed E-state index contributed by atoms with van der Waals surface area (Å²) in [5.74, 6) is -2.99. The minimum atomic E-state index is -4.69. The highest BCUT2D eigenvalue weighted by atomic mass is 127. The van der Waals surface area contributed by atoms with Crippen LogP contribution in [0.15, 0.2) is 40.4 Å². The number of primary sulfonamides is 1. The van der Waals surface area contributed by atoms with Crippen molar-refractivity contribution in [2.75, 3.05) is 12.4 Å². The van der Waals surface area contributed by atoms with Gasteiger partial charge in [0.1, 0.15) is 5.82 Å². The molecule has 2 aromatic rings. The van der Waals surface area contributed by atoms with E-state index in [4.69, 9.17) is 5.14 Å². The van der Waals surface area contributed by atoms with E-state index >= 15 is 0 Å². The second kappa shape index (κ2) is 7.29. The number of rotatable bonds is 4. The van der Waals surface area contributed by atoms with Gasteiger partial charge >= 0.3 is 11.3 Å². The van der Waals surface area contributed by atoms with Gasteiger partial charge < -0.3 is 5.32 Å². The molecule has 144 valence electrons. The fourth-order valence-electron chi connectivity index (χ4n) is 2.30. The number of oxime groups is 1. The summed E-state index contributed by atoms with van der Waals surface area (Å²) in [4.78, 5) is -1.29. The van der Waals surface area contributed by atoms with E-state index in [1.54, 1.807) is 24.3 Å². The number of anilines is 2. The van der Waals surface area contributed by atoms with E-state index < -0.39 is 43.5 Å². The Hall–Kier alpha value is -1.84. The second-order valence-electron chi connectivity index (χ2n) is 5.30. The van der Waals surface area contributed by atoms with E-state index in [1.807, 2.05) is 0 Å². The summed E-state index contributed by atoms with van der Waals surface area (Å²) in [5.41, 5.74) is -0.204. The van der Waals surface area contributed by atoms with Gasteiger partial charge in [0.25, 0.3) is 0 Å². The van der Waals surface area contributed by atoms with Crippen LogP contribution in [-0.4, -0.2) is 29.8 Å². The van der Waals surface area contributed by atoms with Crippen molar-refractivity contribution in [3.05, 3.63) is 51.1 Å². The van der Waals surface area contributed by atoms with Gasteiger partial charge in [-0.25, -0.2) is 26.6 Å². The van der Waals surface area contributed by atoms with Crippen LogP contribution in [0.4, 0.5) is 20.2 Å². The molecule has 0 aliphatic carbocycles. The zero-order chi connectivity index (χ0) is 19.9. The highest BCUT2D eigenvalue weighted by Crippen LogP contribution is 2.33. The van der Waals surface area contributed by atoms with Gasteiger partial charge in [-0.2, -0.15) is 4.21 Å². The first-order valence-corrected chi connectivity index (χ1v) is 10.7. The average Bonchev–Trinajstić information content (AvgIpc) is 2.90. The number of benzene rings is 2. The monoisotopic (exact) mass is 528 g/mol. The minimum Gasteiger partial charge on any atom is -0.352 e. The van der Waals surface area contributed by atoms with Crippen LogP contribution < -0.4 is 10.5 Å². The molecule has 0 saturated heterocycles. The van der Waals surface area contributed by atoms with Gasteiger partial charge in [-0.15, -0.1) is 0 Å². The number of nitrogens with one attached hydrogen (secondary N) is 1. The summed E-state index contributed by atoms with van der Waals surface area (Å²) in [6.45, 7) is 0. The summed E-state index contributed by atoms with van der Waals surface area (Å²) in [6.07, 6.45) is 0. The zero-order valence-corrected chi connectivity index (χ0v) is 17.2. The van der Waals surface area contributed by atoms with Gasteiger partial charge in [0.2, 0.25) is 10.0 Å². The lowest BCUT2D eigenvalue weighted by molar-refractivity contribution is 0.380. The third kappa shape index (κ3) is 3.90. The van der Waals surface area contributed by atoms with Crippen molar-refractivity contribution in [3.8, 4) is 0 Å². The van der Waals surface area contributed by atoms with Crippen LogP contribution in [0.25, 0.3) is 0 Å². The molecular formula is C14H11F2IN4O4S2. The molecule has 1 atom stereocenters. The third-order valence-electron chi connectivity index (χ3n) is 3.52. The first-order chi connectivity index (χ1) is 12.6. The minimum absolute atomic E-state index is 0.153. The largest absolute Gasteiger partial charge is 0.352 e. The topological polar surface area (TPSA) is 114 Å². The maximum atomic E-state index is 15.0. The third-order valence-corrected chi connectivity index (χ3v) is 6.01. The van der Waals surface area contributed by atoms with Crippen molar-refractivity contribution < 1.29 is 25.7 Å². The van der Waals surface area contributed by atoms with Crippen molar-refractivity contribution >= 4 is 61.1 Å². The molecule has 1 aliphatic rings. The number of nitrogens with zero attached hydrogens (tertiary/aromatic N) is 2. The Labute approximate surface area is 169 Å². The van der Waals surface area contributed by atoms with E-state index in [2.05, 4.69) is 37.3 Å². The van der Waals surface area contributed by atoms with E-state index in [9.17, 15) is 21.4 Å². The van der Waals surface area contributed by atoms with Crippen LogP contribution >= 0.6 is 22.6 Å². The Balaban J connectivity index is 2.23. The Morgan fingerprint density at radius 2 is 1.93 bits per heavy atom. The van der Waals surface area contributed by atoms with Crippen LogP contribution in [0.3, 0.4) is 0 Å². The predicted molar refractivity (Wildman–Crippen MR) is 104 cm³/mol. The van der Waals surface area contributed by atoms with Crippen LogP contribution in [-0.2, 0) is 25.6 Å². The quantitative estimate of drug-likeness (QED) is 0.591. The van der Waals surface area contributed by atoms with E-state index in [0.29, 0.717) is 5.69 Å². The number of nitrogens with two attached hydrogens (primary N) is 1. The second-order valence-corrected chi connectivity index (χ2v) is 9.18. The molecule has 1 heterocycles. The summed E-state index contributed by atoms with van der Waals surface area (Å²) in [6, 6.07) is 7.41. The van der Waals surface area contributed by atoms with Crippen molar-refractivity contribution in [3.63, 3.8) is 0 Å². The van der Waals surface area contributed by atoms with Crippen molar-refractivity contribution in [2.24, 2.45) is 10.3 Å². The molecular weight excluding hydrogens is 517 g/mol. The first-order valence-electron chi connectivity index (χ1n) is 7.08. The molecule has 0 bridgehead atoms. The highest BCUT2D eigenvalue weighted by Gasteiger charge is 2.32. The molecule has 1 unspecified atom stereocenters. The molecule has 0 spiro atoms. The molecule has 0 saturated carbocycles. The zero-order valence-electron chi connectivity index (χ0n) is 13.4. The van der Waals surface area contributed by atoms with Crippen molar-refractivity contribution in [1.82, 2.24) is 4.31 Å². The van der Waals surface area contributed by atoms with Crippen molar-refractivity contribution in [2.45, 2.75) is 4.90 Å². The summed E-state index contributed by atoms with van der Waals surface area (Å²) < 4.78 is 70.8. The smallest absolute Gasteiger partial charge is 0.341 e. The Bertz CT molecular complexity index is 1080. The summed E-state index contributed by atoms with van der Waals surface area (Å²) in [7, 11) is -3.35. The van der Waals surface area contributed by atoms with Crippen molar-refractivity contribution in [1.29, 1.82) is 0 Å². The van der Waals surface area contributed by atoms with Gasteiger partial charge in [0.05, 0.1) is 11.3 Å². The predicted octanol–water partition coefficient (Wildman–Crippen LogP) is 2.16. The fraction of sp³-hybridized carbons (Fsp3) is 0.0714. The lowest BCUT2D eigenvalue weighted by Gasteiger charge is -2.17. The van der Waals surface area contributed by atoms with Crippen LogP contribution in [0.1, 0.15) is 5.56 Å². The summed E-state index contributed by atoms with van der Waals surface area (Å²) >= 11 is 0.0947. The SMILES string of the molecule is CN1C(c2cc(F)c(S(N)(=O)=O)c(F)c2Nc2ccc(I)cc2)=NOS1=O. The van der Waals surface area contributed by atoms with Crippen LogP contribution in [0, 0.1) is 15.2 Å².